The van der Waals surface area contributed by atoms with E-state index in [2.05, 4.69) is 15.3 Å². The molecule has 0 spiro atoms. The van der Waals surface area contributed by atoms with Crippen molar-refractivity contribution in [1.29, 1.82) is 0 Å². The van der Waals surface area contributed by atoms with Gasteiger partial charge in [0.2, 0.25) is 5.88 Å². The molecule has 0 aliphatic rings. The first kappa shape index (κ1) is 12.6. The molecule has 0 fully saturated rings. The highest BCUT2D eigenvalue weighted by molar-refractivity contribution is 5.38. The molecule has 2 N–H and O–H groups in total. The first-order valence-corrected chi connectivity index (χ1v) is 4.62. The smallest absolute Gasteiger partial charge is 0.265 e. The van der Waals surface area contributed by atoms with Gasteiger partial charge in [-0.2, -0.15) is 4.98 Å². The standard InChI is InChI=1S/C9H13F2N3O2/c1-5-13-7(3-8(14-5)16-2)12-4-6(15)9(10)11/h3,6,9,15H,4H2,1-2H3,(H,12,13,14). The van der Waals surface area contributed by atoms with Gasteiger partial charge in [-0.05, 0) is 6.92 Å². The van der Waals surface area contributed by atoms with Crippen molar-refractivity contribution in [3.8, 4) is 5.88 Å². The minimum atomic E-state index is -2.78. The second-order valence-corrected chi connectivity index (χ2v) is 3.13. The number of rotatable bonds is 5. The Morgan fingerprint density at radius 2 is 2.19 bits per heavy atom. The first-order chi connectivity index (χ1) is 7.52. The third-order valence-corrected chi connectivity index (χ3v) is 1.81. The molecule has 0 saturated heterocycles. The molecule has 16 heavy (non-hydrogen) atoms. The predicted octanol–water partition coefficient (Wildman–Crippen LogP) is 0.832. The van der Waals surface area contributed by atoms with Crippen LogP contribution in [0.1, 0.15) is 5.82 Å². The van der Waals surface area contributed by atoms with Crippen LogP contribution in [0.15, 0.2) is 6.07 Å². The number of nitrogens with one attached hydrogen (secondary N) is 1. The van der Waals surface area contributed by atoms with Gasteiger partial charge in [0, 0.05) is 12.6 Å². The van der Waals surface area contributed by atoms with Gasteiger partial charge in [0.05, 0.1) is 7.11 Å². The lowest BCUT2D eigenvalue weighted by Crippen LogP contribution is -2.27. The van der Waals surface area contributed by atoms with E-state index in [1.54, 1.807) is 6.92 Å². The number of aliphatic hydroxyl groups is 1. The Balaban J connectivity index is 2.63. The molecule has 1 heterocycles. The van der Waals surface area contributed by atoms with Gasteiger partial charge in [-0.25, -0.2) is 13.8 Å². The zero-order valence-corrected chi connectivity index (χ0v) is 8.94. The second-order valence-electron chi connectivity index (χ2n) is 3.13. The average Bonchev–Trinajstić information content (AvgIpc) is 2.24. The molecule has 0 aliphatic carbocycles. The highest BCUT2D eigenvalue weighted by atomic mass is 19.3. The molecular weight excluding hydrogens is 220 g/mol. The summed E-state index contributed by atoms with van der Waals surface area (Å²) >= 11 is 0. The summed E-state index contributed by atoms with van der Waals surface area (Å²) in [5, 5.41) is 11.5. The monoisotopic (exact) mass is 233 g/mol. The van der Waals surface area contributed by atoms with Gasteiger partial charge < -0.3 is 15.2 Å². The summed E-state index contributed by atoms with van der Waals surface area (Å²) in [6.07, 6.45) is -4.50. The molecule has 0 aromatic carbocycles. The highest BCUT2D eigenvalue weighted by Gasteiger charge is 2.16. The molecule has 1 aromatic heterocycles. The van der Waals surface area contributed by atoms with E-state index in [0.29, 0.717) is 17.5 Å². The molecule has 0 saturated carbocycles. The van der Waals surface area contributed by atoms with Crippen LogP contribution in [0, 0.1) is 6.92 Å². The maximum absolute atomic E-state index is 12.0. The Morgan fingerprint density at radius 1 is 1.50 bits per heavy atom. The van der Waals surface area contributed by atoms with Crippen LogP contribution in [-0.2, 0) is 0 Å². The number of hydrogen-bond acceptors (Lipinski definition) is 5. The fraction of sp³-hybridized carbons (Fsp3) is 0.556. The molecule has 1 atom stereocenters. The van der Waals surface area contributed by atoms with Gasteiger partial charge in [-0.3, -0.25) is 0 Å². The molecule has 90 valence electrons. The predicted molar refractivity (Wildman–Crippen MR) is 53.8 cm³/mol. The van der Waals surface area contributed by atoms with E-state index in [1.807, 2.05) is 0 Å². The topological polar surface area (TPSA) is 67.3 Å². The molecule has 0 bridgehead atoms. The van der Waals surface area contributed by atoms with Crippen LogP contribution < -0.4 is 10.1 Å². The number of methoxy groups -OCH3 is 1. The Hall–Kier alpha value is -1.50. The second kappa shape index (κ2) is 5.55. The Bertz CT molecular complexity index is 350. The summed E-state index contributed by atoms with van der Waals surface area (Å²) in [5.41, 5.74) is 0. The fourth-order valence-corrected chi connectivity index (χ4v) is 1.03. The highest BCUT2D eigenvalue weighted by Crippen LogP contribution is 2.13. The lowest BCUT2D eigenvalue weighted by Gasteiger charge is -2.11. The van der Waals surface area contributed by atoms with Gasteiger partial charge in [0.15, 0.2) is 0 Å². The average molecular weight is 233 g/mol. The van der Waals surface area contributed by atoms with E-state index in [-0.39, 0.29) is 6.54 Å². The number of aryl methyl sites for hydroxylation is 1. The van der Waals surface area contributed by atoms with E-state index >= 15 is 0 Å². The fourth-order valence-electron chi connectivity index (χ4n) is 1.03. The summed E-state index contributed by atoms with van der Waals surface area (Å²) < 4.78 is 28.9. The number of aliphatic hydroxyl groups excluding tert-OH is 1. The van der Waals surface area contributed by atoms with Crippen molar-refractivity contribution < 1.29 is 18.6 Å². The lowest BCUT2D eigenvalue weighted by molar-refractivity contribution is 0.00380. The van der Waals surface area contributed by atoms with E-state index in [4.69, 9.17) is 9.84 Å². The molecule has 0 amide bonds. The first-order valence-electron chi connectivity index (χ1n) is 4.62. The minimum absolute atomic E-state index is 0.280. The van der Waals surface area contributed by atoms with Gasteiger partial charge in [-0.1, -0.05) is 0 Å². The largest absolute Gasteiger partial charge is 0.481 e. The van der Waals surface area contributed by atoms with Crippen LogP contribution in [0.2, 0.25) is 0 Å². The van der Waals surface area contributed by atoms with Crippen molar-refractivity contribution in [2.75, 3.05) is 19.0 Å². The van der Waals surface area contributed by atoms with Gasteiger partial charge >= 0.3 is 0 Å². The summed E-state index contributed by atoms with van der Waals surface area (Å²) in [5.74, 6) is 1.12. The maximum atomic E-state index is 12.0. The molecule has 7 heteroatoms. The zero-order chi connectivity index (χ0) is 12.1. The van der Waals surface area contributed by atoms with E-state index in [1.165, 1.54) is 13.2 Å². The zero-order valence-electron chi connectivity index (χ0n) is 8.94. The number of aromatic nitrogens is 2. The van der Waals surface area contributed by atoms with Crippen molar-refractivity contribution in [3.63, 3.8) is 0 Å². The van der Waals surface area contributed by atoms with Crippen molar-refractivity contribution in [2.45, 2.75) is 19.5 Å². The van der Waals surface area contributed by atoms with Crippen LogP contribution >= 0.6 is 0 Å². The minimum Gasteiger partial charge on any atom is -0.481 e. The molecular formula is C9H13F2N3O2. The third-order valence-electron chi connectivity index (χ3n) is 1.81. The number of alkyl halides is 2. The summed E-state index contributed by atoms with van der Waals surface area (Å²) in [4.78, 5) is 7.89. The Labute approximate surface area is 91.5 Å². The van der Waals surface area contributed by atoms with Crippen molar-refractivity contribution in [2.24, 2.45) is 0 Å². The van der Waals surface area contributed by atoms with Gasteiger partial charge in [0.1, 0.15) is 17.7 Å². The van der Waals surface area contributed by atoms with Crippen molar-refractivity contribution >= 4 is 5.82 Å². The SMILES string of the molecule is COc1cc(NCC(O)C(F)F)nc(C)n1. The summed E-state index contributed by atoms with van der Waals surface area (Å²) in [6, 6.07) is 1.46. The van der Waals surface area contributed by atoms with Crippen LogP contribution in [-0.4, -0.2) is 41.3 Å². The van der Waals surface area contributed by atoms with Crippen LogP contribution in [0.25, 0.3) is 0 Å². The number of ether oxygens (including phenoxy) is 1. The quantitative estimate of drug-likeness (QED) is 0.788. The third kappa shape index (κ3) is 3.58. The number of anilines is 1. The molecule has 1 aromatic rings. The summed E-state index contributed by atoms with van der Waals surface area (Å²) in [6.45, 7) is 1.37. The van der Waals surface area contributed by atoms with E-state index in [0.717, 1.165) is 0 Å². The number of hydrogen-bond donors (Lipinski definition) is 2. The maximum Gasteiger partial charge on any atom is 0.265 e. The van der Waals surface area contributed by atoms with Crippen molar-refractivity contribution in [1.82, 2.24) is 9.97 Å². The number of halogens is 2. The van der Waals surface area contributed by atoms with E-state index in [9.17, 15) is 8.78 Å². The summed E-state index contributed by atoms with van der Waals surface area (Å²) in [7, 11) is 1.44. The molecule has 0 aliphatic heterocycles. The van der Waals surface area contributed by atoms with Crippen molar-refractivity contribution in [3.05, 3.63) is 11.9 Å². The normalized spacial score (nSPS) is 12.6. The lowest BCUT2D eigenvalue weighted by atomic mass is 10.3. The molecule has 1 rings (SSSR count). The Morgan fingerprint density at radius 3 is 2.75 bits per heavy atom. The van der Waals surface area contributed by atoms with Gasteiger partial charge in [0.25, 0.3) is 6.43 Å². The molecule has 1 unspecified atom stereocenters. The molecule has 0 radical (unpaired) electrons. The molecule has 5 nitrogen and oxygen atoms in total. The van der Waals surface area contributed by atoms with Gasteiger partial charge in [-0.15, -0.1) is 0 Å². The Kier molecular flexibility index (Phi) is 4.36. The van der Waals surface area contributed by atoms with Crippen LogP contribution in [0.5, 0.6) is 5.88 Å². The van der Waals surface area contributed by atoms with Crippen LogP contribution in [0.3, 0.4) is 0 Å². The van der Waals surface area contributed by atoms with Crippen LogP contribution in [0.4, 0.5) is 14.6 Å². The number of nitrogens with zero attached hydrogens (tertiary/aromatic N) is 2. The van der Waals surface area contributed by atoms with E-state index < -0.39 is 12.5 Å².